The van der Waals surface area contributed by atoms with Crippen molar-refractivity contribution in [2.75, 3.05) is 19.8 Å². The summed E-state index contributed by atoms with van der Waals surface area (Å²) in [5.41, 5.74) is 3.48. The Hall–Kier alpha value is -1.78. The molecule has 2 unspecified atom stereocenters. The minimum absolute atomic E-state index is 0.287. The highest BCUT2D eigenvalue weighted by molar-refractivity contribution is 7.80. The van der Waals surface area contributed by atoms with Gasteiger partial charge in [-0.15, -0.1) is 0 Å². The van der Waals surface area contributed by atoms with Gasteiger partial charge in [0.1, 0.15) is 6.61 Å². The molecule has 2 aromatic carbocycles. The van der Waals surface area contributed by atoms with E-state index in [9.17, 15) is 0 Å². The molecule has 0 saturated heterocycles. The molecule has 140 valence electrons. The fourth-order valence-electron chi connectivity index (χ4n) is 3.23. The molecule has 26 heavy (non-hydrogen) atoms. The zero-order valence-electron chi connectivity index (χ0n) is 16.0. The third-order valence-electron chi connectivity index (χ3n) is 4.67. The highest BCUT2D eigenvalue weighted by Gasteiger charge is 2.26. The summed E-state index contributed by atoms with van der Waals surface area (Å²) in [7, 11) is 4.26. The van der Waals surface area contributed by atoms with Gasteiger partial charge >= 0.3 is 0 Å². The molecule has 0 aliphatic heterocycles. The number of oxime groups is 1. The smallest absolute Gasteiger partial charge is 0.142 e. The van der Waals surface area contributed by atoms with Gasteiger partial charge in [0.15, 0.2) is 0 Å². The molecule has 0 fully saturated rings. The van der Waals surface area contributed by atoms with Gasteiger partial charge < -0.3 is 9.74 Å². The van der Waals surface area contributed by atoms with E-state index >= 15 is 0 Å². The molecule has 0 amide bonds. The van der Waals surface area contributed by atoms with Gasteiger partial charge in [0.2, 0.25) is 0 Å². The number of hydrogen-bond acceptors (Lipinski definition) is 4. The Morgan fingerprint density at radius 3 is 2.12 bits per heavy atom. The van der Waals surface area contributed by atoms with Crippen molar-refractivity contribution < 1.29 is 4.84 Å². The fraction of sp³-hybridized carbons (Fsp3) is 0.409. The molecule has 0 N–H and O–H groups in total. The fourth-order valence-corrected chi connectivity index (χ4v) is 3.50. The molecular formula is C22H30N2OS. The van der Waals surface area contributed by atoms with Crippen molar-refractivity contribution >= 4 is 18.3 Å². The van der Waals surface area contributed by atoms with Crippen LogP contribution in [0.5, 0.6) is 0 Å². The van der Waals surface area contributed by atoms with Crippen LogP contribution in [0.15, 0.2) is 65.8 Å². The lowest BCUT2D eigenvalue weighted by molar-refractivity contribution is 0.126. The molecule has 0 saturated carbocycles. The minimum atomic E-state index is 0.287. The second kappa shape index (κ2) is 11.0. The summed E-state index contributed by atoms with van der Waals surface area (Å²) >= 11 is 4.46. The van der Waals surface area contributed by atoms with Gasteiger partial charge in [-0.05, 0) is 50.7 Å². The Morgan fingerprint density at radius 2 is 1.58 bits per heavy atom. The maximum absolute atomic E-state index is 5.66. The van der Waals surface area contributed by atoms with Gasteiger partial charge in [0.25, 0.3) is 0 Å². The van der Waals surface area contributed by atoms with E-state index < -0.39 is 0 Å². The largest absolute Gasteiger partial charge is 0.391 e. The lowest BCUT2D eigenvalue weighted by Gasteiger charge is -2.32. The molecular weight excluding hydrogens is 340 g/mol. The first-order valence-electron chi connectivity index (χ1n) is 9.13. The summed E-state index contributed by atoms with van der Waals surface area (Å²) in [5.74, 6) is 1.14. The number of nitrogens with zero attached hydrogens (tertiary/aromatic N) is 2. The summed E-state index contributed by atoms with van der Waals surface area (Å²) < 4.78 is 0. The van der Waals surface area contributed by atoms with E-state index in [4.69, 9.17) is 4.84 Å². The number of thiol groups is 1. The zero-order valence-corrected chi connectivity index (χ0v) is 16.9. The van der Waals surface area contributed by atoms with Crippen LogP contribution >= 0.6 is 12.6 Å². The Balaban J connectivity index is 2.13. The number of rotatable bonds is 10. The van der Waals surface area contributed by atoms with Crippen LogP contribution in [0.3, 0.4) is 0 Å². The Bertz CT molecular complexity index is 658. The van der Waals surface area contributed by atoms with E-state index in [1.54, 1.807) is 0 Å². The van der Waals surface area contributed by atoms with Crippen molar-refractivity contribution in [3.63, 3.8) is 0 Å². The normalized spacial score (nSPS) is 14.3. The molecule has 2 rings (SSSR count). The van der Waals surface area contributed by atoms with E-state index in [2.05, 4.69) is 86.2 Å². The zero-order chi connectivity index (χ0) is 18.8. The van der Waals surface area contributed by atoms with Gasteiger partial charge in [0.05, 0.1) is 5.71 Å². The summed E-state index contributed by atoms with van der Waals surface area (Å²) in [6.07, 6.45) is 1.96. The van der Waals surface area contributed by atoms with Crippen molar-refractivity contribution in [1.82, 2.24) is 4.90 Å². The number of benzene rings is 2. The molecule has 2 atom stereocenters. The molecule has 0 aromatic heterocycles. The Labute approximate surface area is 163 Å². The molecule has 3 nitrogen and oxygen atoms in total. The first-order valence-corrected chi connectivity index (χ1v) is 9.76. The highest BCUT2D eigenvalue weighted by atomic mass is 32.1. The Morgan fingerprint density at radius 1 is 1.00 bits per heavy atom. The van der Waals surface area contributed by atoms with Crippen molar-refractivity contribution in [2.45, 2.75) is 32.4 Å². The van der Waals surface area contributed by atoms with Gasteiger partial charge in [-0.3, -0.25) is 0 Å². The van der Waals surface area contributed by atoms with Crippen LogP contribution in [-0.4, -0.2) is 36.5 Å². The van der Waals surface area contributed by atoms with Gasteiger partial charge in [-0.1, -0.05) is 65.8 Å². The average molecular weight is 371 g/mol. The van der Waals surface area contributed by atoms with E-state index in [1.165, 1.54) is 5.56 Å². The van der Waals surface area contributed by atoms with Crippen LogP contribution in [0, 0.1) is 5.92 Å². The van der Waals surface area contributed by atoms with E-state index in [0.29, 0.717) is 12.6 Å². The van der Waals surface area contributed by atoms with Gasteiger partial charge in [0, 0.05) is 12.0 Å². The van der Waals surface area contributed by atoms with E-state index in [0.717, 1.165) is 29.9 Å². The topological polar surface area (TPSA) is 24.8 Å². The quantitative estimate of drug-likeness (QED) is 0.373. The SMILES string of the molecule is CC(=NOCc1ccccc1)C(Cc1ccccc1)C(CCS)N(C)C. The Kier molecular flexibility index (Phi) is 8.72. The van der Waals surface area contributed by atoms with Crippen LogP contribution in [-0.2, 0) is 17.9 Å². The van der Waals surface area contributed by atoms with Crippen LogP contribution in [0.2, 0.25) is 0 Å². The summed E-state index contributed by atoms with van der Waals surface area (Å²) in [5, 5.41) is 4.47. The molecule has 0 radical (unpaired) electrons. The van der Waals surface area contributed by atoms with Crippen LogP contribution in [0.25, 0.3) is 0 Å². The lowest BCUT2D eigenvalue weighted by Crippen LogP contribution is -2.40. The minimum Gasteiger partial charge on any atom is -0.391 e. The van der Waals surface area contributed by atoms with Crippen LogP contribution < -0.4 is 0 Å². The second-order valence-corrected chi connectivity index (χ2v) is 7.28. The van der Waals surface area contributed by atoms with Crippen LogP contribution in [0.4, 0.5) is 0 Å². The molecule has 0 spiro atoms. The highest BCUT2D eigenvalue weighted by Crippen LogP contribution is 2.21. The second-order valence-electron chi connectivity index (χ2n) is 6.83. The summed E-state index contributed by atoms with van der Waals surface area (Å²) in [6, 6.07) is 21.1. The first-order chi connectivity index (χ1) is 12.6. The van der Waals surface area contributed by atoms with Crippen molar-refractivity contribution in [2.24, 2.45) is 11.1 Å². The van der Waals surface area contributed by atoms with Gasteiger partial charge in [-0.2, -0.15) is 12.6 Å². The lowest BCUT2D eigenvalue weighted by atomic mass is 9.86. The van der Waals surface area contributed by atoms with Crippen molar-refractivity contribution in [3.05, 3.63) is 71.8 Å². The predicted octanol–water partition coefficient (Wildman–Crippen LogP) is 4.69. The maximum Gasteiger partial charge on any atom is 0.142 e. The average Bonchev–Trinajstić information content (AvgIpc) is 2.66. The molecule has 2 aromatic rings. The third kappa shape index (κ3) is 6.50. The monoisotopic (exact) mass is 370 g/mol. The predicted molar refractivity (Wildman–Crippen MR) is 114 cm³/mol. The molecule has 4 heteroatoms. The molecule has 0 aliphatic rings. The standard InChI is InChI=1S/C22H30N2OS/c1-18(23-25-17-20-12-8-5-9-13-20)21(22(14-15-26)24(2)3)16-19-10-6-4-7-11-19/h4-13,21-22,26H,14-17H2,1-3H3. The molecule has 0 heterocycles. The summed E-state index contributed by atoms with van der Waals surface area (Å²) in [4.78, 5) is 7.94. The van der Waals surface area contributed by atoms with Crippen molar-refractivity contribution in [3.8, 4) is 0 Å². The first kappa shape index (κ1) is 20.5. The third-order valence-corrected chi connectivity index (χ3v) is 4.93. The van der Waals surface area contributed by atoms with E-state index in [-0.39, 0.29) is 5.92 Å². The van der Waals surface area contributed by atoms with E-state index in [1.807, 2.05) is 18.2 Å². The van der Waals surface area contributed by atoms with Crippen molar-refractivity contribution in [1.29, 1.82) is 0 Å². The van der Waals surface area contributed by atoms with Crippen LogP contribution in [0.1, 0.15) is 24.5 Å². The molecule has 0 aliphatic carbocycles. The number of hydrogen-bond donors (Lipinski definition) is 1. The molecule has 0 bridgehead atoms. The maximum atomic E-state index is 5.66. The summed E-state index contributed by atoms with van der Waals surface area (Å²) in [6.45, 7) is 2.57. The van der Waals surface area contributed by atoms with Gasteiger partial charge in [-0.25, -0.2) is 0 Å².